The van der Waals surface area contributed by atoms with E-state index in [0.29, 0.717) is 5.75 Å². The van der Waals surface area contributed by atoms with Gasteiger partial charge in [-0.2, -0.15) is 4.39 Å². The van der Waals surface area contributed by atoms with Crippen LogP contribution in [0.5, 0.6) is 17.2 Å². The molecule has 32 heavy (non-hydrogen) atoms. The summed E-state index contributed by atoms with van der Waals surface area (Å²) < 4.78 is 39.4. The second-order valence-corrected chi connectivity index (χ2v) is 6.83. The number of carbonyl (C=O) groups is 1. The number of carboxylic acid groups (broad SMARTS) is 1. The first kappa shape index (κ1) is 22.8. The molecule has 0 fully saturated rings. The van der Waals surface area contributed by atoms with Gasteiger partial charge in [-0.05, 0) is 29.8 Å². The lowest BCUT2D eigenvalue weighted by molar-refractivity contribution is 0.209. The highest BCUT2D eigenvalue weighted by molar-refractivity contribution is 5.83. The zero-order valence-electron chi connectivity index (χ0n) is 17.2. The van der Waals surface area contributed by atoms with Gasteiger partial charge >= 0.3 is 6.09 Å². The van der Waals surface area contributed by atoms with E-state index in [9.17, 15) is 18.7 Å². The van der Waals surface area contributed by atoms with Gasteiger partial charge in [0.2, 0.25) is 5.82 Å². The van der Waals surface area contributed by atoms with Crippen molar-refractivity contribution in [3.05, 3.63) is 82.9 Å². The number of phenols is 1. The Hall–Kier alpha value is -3.85. The highest BCUT2D eigenvalue weighted by atomic mass is 19.1. The summed E-state index contributed by atoms with van der Waals surface area (Å²) in [6.07, 6.45) is -1.37. The number of amides is 1. The normalized spacial score (nSPS) is 10.6. The second kappa shape index (κ2) is 10.5. The van der Waals surface area contributed by atoms with Crippen molar-refractivity contribution in [1.29, 1.82) is 0 Å². The van der Waals surface area contributed by atoms with E-state index in [1.165, 1.54) is 30.3 Å². The Morgan fingerprint density at radius 2 is 1.69 bits per heavy atom. The van der Waals surface area contributed by atoms with E-state index in [0.717, 1.165) is 5.56 Å². The van der Waals surface area contributed by atoms with Crippen LogP contribution in [0.1, 0.15) is 16.7 Å². The van der Waals surface area contributed by atoms with Crippen LogP contribution in [0.25, 0.3) is 0 Å². The summed E-state index contributed by atoms with van der Waals surface area (Å²) in [5, 5.41) is 23.8. The number of nitrogens with one attached hydrogen (secondary N) is 2. The molecule has 0 spiro atoms. The van der Waals surface area contributed by atoms with Crippen molar-refractivity contribution in [3.63, 3.8) is 0 Å². The van der Waals surface area contributed by atoms with Crippen molar-refractivity contribution in [2.75, 3.05) is 12.4 Å². The van der Waals surface area contributed by atoms with Crippen LogP contribution in [0.2, 0.25) is 0 Å². The second-order valence-electron chi connectivity index (χ2n) is 6.83. The number of aromatic hydroxyl groups is 1. The van der Waals surface area contributed by atoms with E-state index in [4.69, 9.17) is 14.6 Å². The highest BCUT2D eigenvalue weighted by Crippen LogP contribution is 2.30. The smallest absolute Gasteiger partial charge is 0.409 e. The molecular weight excluding hydrogens is 422 g/mol. The molecule has 0 aliphatic carbocycles. The Bertz CT molecular complexity index is 1090. The molecule has 0 aromatic heterocycles. The van der Waals surface area contributed by atoms with Crippen molar-refractivity contribution in [2.45, 2.75) is 19.7 Å². The molecule has 0 atom stereocenters. The summed E-state index contributed by atoms with van der Waals surface area (Å²) in [5.41, 5.74) is 1.12. The minimum atomic E-state index is -1.37. The fraction of sp³-hybridized carbons (Fsp3) is 0.174. The fourth-order valence-electron chi connectivity index (χ4n) is 2.98. The Morgan fingerprint density at radius 1 is 0.969 bits per heavy atom. The van der Waals surface area contributed by atoms with Gasteiger partial charge in [-0.15, -0.1) is 0 Å². The van der Waals surface area contributed by atoms with Gasteiger partial charge in [-0.1, -0.05) is 30.3 Å². The number of benzene rings is 3. The van der Waals surface area contributed by atoms with Crippen molar-refractivity contribution in [2.24, 2.45) is 0 Å². The minimum absolute atomic E-state index is 0.0394. The Kier molecular flexibility index (Phi) is 7.45. The number of hydrogen-bond donors (Lipinski definition) is 4. The molecule has 0 bridgehead atoms. The molecule has 0 radical (unpaired) electrons. The van der Waals surface area contributed by atoms with Crippen LogP contribution >= 0.6 is 0 Å². The van der Waals surface area contributed by atoms with E-state index in [-0.39, 0.29) is 42.3 Å². The summed E-state index contributed by atoms with van der Waals surface area (Å²) in [7, 11) is 1.56. The molecule has 0 heterocycles. The summed E-state index contributed by atoms with van der Waals surface area (Å²) in [6, 6.07) is 14.3. The number of ether oxygens (including phenoxy) is 2. The van der Waals surface area contributed by atoms with Crippen molar-refractivity contribution in [1.82, 2.24) is 5.32 Å². The molecule has 0 unspecified atom stereocenters. The van der Waals surface area contributed by atoms with Crippen molar-refractivity contribution >= 4 is 11.8 Å². The van der Waals surface area contributed by atoms with Crippen LogP contribution in [0.15, 0.2) is 54.6 Å². The van der Waals surface area contributed by atoms with Gasteiger partial charge in [0.1, 0.15) is 12.4 Å². The molecule has 0 aliphatic rings. The van der Waals surface area contributed by atoms with Crippen LogP contribution < -0.4 is 20.1 Å². The van der Waals surface area contributed by atoms with E-state index >= 15 is 0 Å². The van der Waals surface area contributed by atoms with Gasteiger partial charge in [-0.25, -0.2) is 9.18 Å². The zero-order chi connectivity index (χ0) is 23.1. The maximum atomic E-state index is 14.5. The van der Waals surface area contributed by atoms with Crippen LogP contribution in [0, 0.1) is 11.6 Å². The lowest BCUT2D eigenvalue weighted by Gasteiger charge is -2.13. The van der Waals surface area contributed by atoms with Gasteiger partial charge in [0.25, 0.3) is 0 Å². The molecule has 4 N–H and O–H groups in total. The van der Waals surface area contributed by atoms with E-state index < -0.39 is 23.5 Å². The molecule has 3 aromatic rings. The van der Waals surface area contributed by atoms with E-state index in [1.54, 1.807) is 31.4 Å². The van der Waals surface area contributed by atoms with E-state index in [2.05, 4.69) is 5.32 Å². The lowest BCUT2D eigenvalue weighted by Crippen LogP contribution is -2.16. The zero-order valence-corrected chi connectivity index (χ0v) is 17.2. The SMILES string of the molecule is COc1ccc(COc2ccc(CNCc3cccc(NC(=O)O)c3F)c(O)c2F)cc1. The largest absolute Gasteiger partial charge is 0.504 e. The molecule has 0 aliphatic heterocycles. The van der Waals surface area contributed by atoms with Crippen LogP contribution in [-0.4, -0.2) is 23.4 Å². The van der Waals surface area contributed by atoms with Gasteiger partial charge < -0.3 is 25.0 Å². The highest BCUT2D eigenvalue weighted by Gasteiger charge is 2.15. The maximum absolute atomic E-state index is 14.5. The van der Waals surface area contributed by atoms with Gasteiger partial charge in [0, 0.05) is 24.2 Å². The first-order chi connectivity index (χ1) is 15.4. The molecule has 0 saturated heterocycles. The summed E-state index contributed by atoms with van der Waals surface area (Å²) >= 11 is 0. The van der Waals surface area contributed by atoms with Crippen LogP contribution in [-0.2, 0) is 19.7 Å². The molecule has 168 valence electrons. The number of rotatable bonds is 9. The number of anilines is 1. The van der Waals surface area contributed by atoms with Crippen molar-refractivity contribution in [3.8, 4) is 17.2 Å². The lowest BCUT2D eigenvalue weighted by atomic mass is 10.1. The Morgan fingerprint density at radius 3 is 2.38 bits per heavy atom. The molecule has 3 aromatic carbocycles. The number of hydrogen-bond acceptors (Lipinski definition) is 5. The fourth-order valence-corrected chi connectivity index (χ4v) is 2.98. The maximum Gasteiger partial charge on any atom is 0.409 e. The third-order valence-corrected chi connectivity index (χ3v) is 4.67. The van der Waals surface area contributed by atoms with Crippen LogP contribution in [0.3, 0.4) is 0 Å². The third-order valence-electron chi connectivity index (χ3n) is 4.67. The van der Waals surface area contributed by atoms with E-state index in [1.807, 2.05) is 5.32 Å². The van der Waals surface area contributed by atoms with Gasteiger partial charge in [0.15, 0.2) is 17.3 Å². The molecule has 3 rings (SSSR count). The summed E-state index contributed by atoms with van der Waals surface area (Å²) in [6.45, 7) is 0.202. The predicted molar refractivity (Wildman–Crippen MR) is 114 cm³/mol. The number of methoxy groups -OCH3 is 1. The molecule has 1 amide bonds. The third kappa shape index (κ3) is 5.64. The van der Waals surface area contributed by atoms with Gasteiger partial charge in [-0.3, -0.25) is 5.32 Å². The molecule has 0 saturated carbocycles. The number of phenolic OH excluding ortho intramolecular Hbond substituents is 1. The Balaban J connectivity index is 1.60. The molecule has 9 heteroatoms. The van der Waals surface area contributed by atoms with Gasteiger partial charge in [0.05, 0.1) is 12.8 Å². The topological polar surface area (TPSA) is 100 Å². The average Bonchev–Trinajstić information content (AvgIpc) is 2.78. The summed E-state index contributed by atoms with van der Waals surface area (Å²) in [5.74, 6) is -1.57. The monoisotopic (exact) mass is 444 g/mol. The average molecular weight is 444 g/mol. The predicted octanol–water partition coefficient (Wildman–Crippen LogP) is 4.64. The number of halogens is 2. The molecule has 7 nitrogen and oxygen atoms in total. The quantitative estimate of drug-likeness (QED) is 0.384. The van der Waals surface area contributed by atoms with Crippen LogP contribution in [0.4, 0.5) is 19.3 Å². The minimum Gasteiger partial charge on any atom is -0.504 e. The standard InChI is InChI=1S/C23H22F2N2O5/c1-31-17-8-5-14(6-9-17)13-32-19-10-7-16(22(28)21(19)25)12-26-11-15-3-2-4-18(20(15)24)27-23(29)30/h2-10,26-28H,11-13H2,1H3,(H,29,30). The van der Waals surface area contributed by atoms with Crippen molar-refractivity contribution < 1.29 is 33.3 Å². The molecular formula is C23H22F2N2O5. The summed E-state index contributed by atoms with van der Waals surface area (Å²) in [4.78, 5) is 10.7. The first-order valence-electron chi connectivity index (χ1n) is 9.63. The first-order valence-corrected chi connectivity index (χ1v) is 9.63. The Labute approximate surface area is 183 Å².